The minimum absolute atomic E-state index is 0.667. The van der Waals surface area contributed by atoms with Crippen LogP contribution in [0.25, 0.3) is 0 Å². The van der Waals surface area contributed by atoms with Gasteiger partial charge in [-0.3, -0.25) is 5.43 Å². The quantitative estimate of drug-likeness (QED) is 0.214. The van der Waals surface area contributed by atoms with Crippen LogP contribution in [0, 0.1) is 0 Å². The number of hydrogen-bond donors (Lipinski definition) is 1. The standard InChI is InChI=1S/C26H21ClN4/c27-23-18-16-21(17-19-23)20-28-31(25-14-8-3-9-15-25)26(22-10-4-1-5-11-22)30-29-24-12-6-2-7-13-24/h1-20,29H/b28-20+,30-26-. The van der Waals surface area contributed by atoms with E-state index in [9.17, 15) is 0 Å². The molecular formula is C26H21ClN4. The number of nitrogens with one attached hydrogen (secondary N) is 1. The summed E-state index contributed by atoms with van der Waals surface area (Å²) < 4.78 is 0. The Balaban J connectivity index is 1.76. The number of rotatable bonds is 6. The maximum atomic E-state index is 6.02. The van der Waals surface area contributed by atoms with E-state index in [0.717, 1.165) is 22.5 Å². The fourth-order valence-electron chi connectivity index (χ4n) is 2.94. The van der Waals surface area contributed by atoms with Crippen LogP contribution in [0.4, 0.5) is 11.4 Å². The minimum atomic E-state index is 0.667. The first-order chi connectivity index (χ1) is 15.3. The topological polar surface area (TPSA) is 40.0 Å². The number of amidine groups is 1. The van der Waals surface area contributed by atoms with Crippen molar-refractivity contribution in [2.75, 3.05) is 10.4 Å². The molecular weight excluding hydrogens is 404 g/mol. The van der Waals surface area contributed by atoms with Crippen LogP contribution in [0.3, 0.4) is 0 Å². The zero-order chi connectivity index (χ0) is 21.3. The molecule has 1 N–H and O–H groups in total. The third-order valence-electron chi connectivity index (χ3n) is 4.49. The summed E-state index contributed by atoms with van der Waals surface area (Å²) in [6.07, 6.45) is 1.80. The van der Waals surface area contributed by atoms with Crippen LogP contribution < -0.4 is 10.4 Å². The molecule has 4 nitrogen and oxygen atoms in total. The summed E-state index contributed by atoms with van der Waals surface area (Å²) in [6, 6.07) is 37.3. The van der Waals surface area contributed by atoms with Crippen LogP contribution in [-0.2, 0) is 0 Å². The molecule has 31 heavy (non-hydrogen) atoms. The van der Waals surface area contributed by atoms with Crippen molar-refractivity contribution >= 4 is 35.0 Å². The van der Waals surface area contributed by atoms with Crippen molar-refractivity contribution in [2.45, 2.75) is 0 Å². The number of benzene rings is 4. The predicted octanol–water partition coefficient (Wildman–Crippen LogP) is 6.65. The van der Waals surface area contributed by atoms with E-state index < -0.39 is 0 Å². The number of halogens is 1. The molecule has 0 atom stereocenters. The Bertz CT molecular complexity index is 1140. The van der Waals surface area contributed by atoms with Crippen LogP contribution in [-0.4, -0.2) is 12.1 Å². The molecule has 0 fully saturated rings. The molecule has 0 bridgehead atoms. The van der Waals surface area contributed by atoms with Crippen molar-refractivity contribution < 1.29 is 0 Å². The summed E-state index contributed by atoms with van der Waals surface area (Å²) in [5.74, 6) is 0.667. The maximum absolute atomic E-state index is 6.02. The van der Waals surface area contributed by atoms with E-state index in [1.165, 1.54) is 0 Å². The summed E-state index contributed by atoms with van der Waals surface area (Å²) in [4.78, 5) is 0. The molecule has 0 amide bonds. The van der Waals surface area contributed by atoms with Gasteiger partial charge in [0.05, 0.1) is 17.6 Å². The number of nitrogens with zero attached hydrogens (tertiary/aromatic N) is 3. The Morgan fingerprint density at radius 2 is 1.29 bits per heavy atom. The Labute approximate surface area is 187 Å². The lowest BCUT2D eigenvalue weighted by atomic mass is 10.2. The van der Waals surface area contributed by atoms with Gasteiger partial charge in [0, 0.05) is 10.6 Å². The van der Waals surface area contributed by atoms with Crippen molar-refractivity contribution in [3.63, 3.8) is 0 Å². The van der Waals surface area contributed by atoms with E-state index >= 15 is 0 Å². The molecule has 0 aromatic heterocycles. The fourth-order valence-corrected chi connectivity index (χ4v) is 3.06. The third kappa shape index (κ3) is 5.59. The van der Waals surface area contributed by atoms with Crippen molar-refractivity contribution in [2.24, 2.45) is 10.2 Å². The Hall–Kier alpha value is -3.89. The third-order valence-corrected chi connectivity index (χ3v) is 4.74. The van der Waals surface area contributed by atoms with Crippen molar-refractivity contribution in [3.8, 4) is 0 Å². The smallest absolute Gasteiger partial charge is 0.181 e. The molecule has 4 rings (SSSR count). The van der Waals surface area contributed by atoms with Gasteiger partial charge in [-0.1, -0.05) is 90.5 Å². The molecule has 0 radical (unpaired) electrons. The highest BCUT2D eigenvalue weighted by Crippen LogP contribution is 2.19. The first-order valence-electron chi connectivity index (χ1n) is 9.88. The first-order valence-corrected chi connectivity index (χ1v) is 10.3. The van der Waals surface area contributed by atoms with Crippen molar-refractivity contribution in [3.05, 3.63) is 131 Å². The summed E-state index contributed by atoms with van der Waals surface area (Å²) in [5.41, 5.74) is 6.81. The van der Waals surface area contributed by atoms with Crippen LogP contribution in [0.5, 0.6) is 0 Å². The summed E-state index contributed by atoms with van der Waals surface area (Å²) in [6.45, 7) is 0. The highest BCUT2D eigenvalue weighted by Gasteiger charge is 2.15. The van der Waals surface area contributed by atoms with Gasteiger partial charge in [0.15, 0.2) is 5.84 Å². The van der Waals surface area contributed by atoms with Gasteiger partial charge in [-0.2, -0.15) is 10.2 Å². The molecule has 0 heterocycles. The summed E-state index contributed by atoms with van der Waals surface area (Å²) >= 11 is 6.02. The highest BCUT2D eigenvalue weighted by molar-refractivity contribution is 6.30. The average Bonchev–Trinajstić information content (AvgIpc) is 2.84. The predicted molar refractivity (Wildman–Crippen MR) is 131 cm³/mol. The molecule has 4 aromatic rings. The van der Waals surface area contributed by atoms with Gasteiger partial charge in [-0.25, -0.2) is 5.01 Å². The lowest BCUT2D eigenvalue weighted by molar-refractivity contribution is 1.11. The second kappa shape index (κ2) is 10.2. The van der Waals surface area contributed by atoms with E-state index in [0.29, 0.717) is 10.9 Å². The fraction of sp³-hybridized carbons (Fsp3) is 0. The Kier molecular flexibility index (Phi) is 6.73. The van der Waals surface area contributed by atoms with E-state index in [-0.39, 0.29) is 0 Å². The lowest BCUT2D eigenvalue weighted by Crippen LogP contribution is -2.28. The van der Waals surface area contributed by atoms with E-state index in [1.54, 1.807) is 6.21 Å². The van der Waals surface area contributed by atoms with Gasteiger partial charge in [0.25, 0.3) is 0 Å². The van der Waals surface area contributed by atoms with E-state index in [1.807, 2.05) is 120 Å². The van der Waals surface area contributed by atoms with Crippen LogP contribution >= 0.6 is 11.6 Å². The second-order valence-electron chi connectivity index (χ2n) is 6.72. The zero-order valence-corrected chi connectivity index (χ0v) is 17.5. The van der Waals surface area contributed by atoms with Crippen LogP contribution in [0.1, 0.15) is 11.1 Å². The molecule has 0 unspecified atom stereocenters. The summed E-state index contributed by atoms with van der Waals surface area (Å²) in [7, 11) is 0. The SMILES string of the molecule is Clc1ccc(/C=N/N(/C(=N\Nc2ccccc2)c2ccccc2)c2ccccc2)cc1. The number of hydrogen-bond acceptors (Lipinski definition) is 3. The van der Waals surface area contributed by atoms with Crippen LogP contribution in [0.15, 0.2) is 125 Å². The van der Waals surface area contributed by atoms with Gasteiger partial charge in [-0.05, 0) is 42.0 Å². The van der Waals surface area contributed by atoms with Gasteiger partial charge >= 0.3 is 0 Å². The first kappa shape index (κ1) is 20.4. The Morgan fingerprint density at radius 1 is 0.710 bits per heavy atom. The number of para-hydroxylation sites is 2. The Morgan fingerprint density at radius 3 is 1.94 bits per heavy atom. The monoisotopic (exact) mass is 424 g/mol. The molecule has 0 aliphatic rings. The molecule has 0 aliphatic heterocycles. The normalized spacial score (nSPS) is 11.5. The second-order valence-corrected chi connectivity index (χ2v) is 7.16. The largest absolute Gasteiger partial charge is 0.276 e. The molecule has 0 aliphatic carbocycles. The summed E-state index contributed by atoms with van der Waals surface area (Å²) in [5, 5.41) is 12.0. The van der Waals surface area contributed by atoms with Gasteiger partial charge in [0.2, 0.25) is 0 Å². The average molecular weight is 425 g/mol. The van der Waals surface area contributed by atoms with Crippen molar-refractivity contribution in [1.82, 2.24) is 0 Å². The molecule has 5 heteroatoms. The minimum Gasteiger partial charge on any atom is -0.276 e. The van der Waals surface area contributed by atoms with Gasteiger partial charge in [0.1, 0.15) is 0 Å². The van der Waals surface area contributed by atoms with Crippen molar-refractivity contribution in [1.29, 1.82) is 0 Å². The zero-order valence-electron chi connectivity index (χ0n) is 16.8. The molecule has 4 aromatic carbocycles. The number of anilines is 2. The maximum Gasteiger partial charge on any atom is 0.181 e. The molecule has 152 valence electrons. The van der Waals surface area contributed by atoms with E-state index in [4.69, 9.17) is 21.8 Å². The lowest BCUT2D eigenvalue weighted by Gasteiger charge is -2.21. The van der Waals surface area contributed by atoms with E-state index in [2.05, 4.69) is 5.43 Å². The molecule has 0 saturated heterocycles. The van der Waals surface area contributed by atoms with Crippen LogP contribution in [0.2, 0.25) is 5.02 Å². The molecule has 0 spiro atoms. The van der Waals surface area contributed by atoms with Gasteiger partial charge in [-0.15, -0.1) is 0 Å². The van der Waals surface area contributed by atoms with Gasteiger partial charge < -0.3 is 0 Å². The highest BCUT2D eigenvalue weighted by atomic mass is 35.5. The molecule has 0 saturated carbocycles. The number of hydrazone groups is 2.